The van der Waals surface area contributed by atoms with Crippen LogP contribution in [0, 0.1) is 0 Å². The Balaban J connectivity index is 1.84. The van der Waals surface area contributed by atoms with E-state index >= 15 is 0 Å². The quantitative estimate of drug-likeness (QED) is 0.600. The van der Waals surface area contributed by atoms with E-state index in [1.165, 1.54) is 31.4 Å². The number of benzene rings is 2. The Morgan fingerprint density at radius 1 is 1.14 bits per heavy atom. The van der Waals surface area contributed by atoms with Crippen LogP contribution in [0.1, 0.15) is 22.0 Å². The first kappa shape index (κ1) is 21.0. The van der Waals surface area contributed by atoms with Crippen molar-refractivity contribution in [2.75, 3.05) is 27.7 Å². The van der Waals surface area contributed by atoms with Gasteiger partial charge in [-0.3, -0.25) is 0 Å². The standard InChI is InChI=1S/C21H25N3O4S/c1-23(2)20(18-14-24(3)19-8-6-5-7-17(18)19)13-22-29(26,27)16-11-9-15(10-12-16)21(25)28-4/h5-12,14,20,22H,13H2,1-4H3/t20-/m0/s1. The monoisotopic (exact) mass is 415 g/mol. The van der Waals surface area contributed by atoms with Crippen LogP contribution in [0.2, 0.25) is 0 Å². The van der Waals surface area contributed by atoms with E-state index in [2.05, 4.69) is 9.46 Å². The van der Waals surface area contributed by atoms with E-state index in [4.69, 9.17) is 0 Å². The fourth-order valence-electron chi connectivity index (χ4n) is 3.37. The van der Waals surface area contributed by atoms with E-state index in [0.29, 0.717) is 5.56 Å². The van der Waals surface area contributed by atoms with Crippen LogP contribution < -0.4 is 4.72 Å². The Hall–Kier alpha value is -2.68. The van der Waals surface area contributed by atoms with Gasteiger partial charge in [-0.2, -0.15) is 0 Å². The summed E-state index contributed by atoms with van der Waals surface area (Å²) >= 11 is 0. The number of fused-ring (bicyclic) bond motifs is 1. The molecule has 0 amide bonds. The molecule has 0 bridgehead atoms. The lowest BCUT2D eigenvalue weighted by Crippen LogP contribution is -2.34. The topological polar surface area (TPSA) is 80.6 Å². The molecule has 0 aliphatic rings. The number of sulfonamides is 1. The van der Waals surface area contributed by atoms with Gasteiger partial charge in [0.05, 0.1) is 17.6 Å². The first-order chi connectivity index (χ1) is 13.7. The van der Waals surface area contributed by atoms with Crippen molar-refractivity contribution in [3.63, 3.8) is 0 Å². The molecule has 1 atom stereocenters. The van der Waals surface area contributed by atoms with Crippen LogP contribution in [-0.4, -0.2) is 51.6 Å². The SMILES string of the molecule is COC(=O)c1ccc(S(=O)(=O)NC[C@@H](c2cn(C)c3ccccc23)N(C)C)cc1. The summed E-state index contributed by atoms with van der Waals surface area (Å²) in [6.45, 7) is 0.210. The van der Waals surface area contributed by atoms with Crippen molar-refractivity contribution in [2.24, 2.45) is 7.05 Å². The summed E-state index contributed by atoms with van der Waals surface area (Å²) in [6.07, 6.45) is 2.04. The Bertz CT molecular complexity index is 1120. The zero-order chi connectivity index (χ0) is 21.2. The maximum Gasteiger partial charge on any atom is 0.337 e. The Morgan fingerprint density at radius 2 is 1.79 bits per heavy atom. The number of ether oxygens (including phenoxy) is 1. The van der Waals surface area contributed by atoms with Gasteiger partial charge in [0.15, 0.2) is 0 Å². The van der Waals surface area contributed by atoms with Gasteiger partial charge < -0.3 is 14.2 Å². The second-order valence-electron chi connectivity index (χ2n) is 7.06. The number of likely N-dealkylation sites (N-methyl/N-ethyl adjacent to an activating group) is 1. The van der Waals surface area contributed by atoms with Gasteiger partial charge in [0, 0.05) is 36.7 Å². The highest BCUT2D eigenvalue weighted by Crippen LogP contribution is 2.28. The Kier molecular flexibility index (Phi) is 6.07. The molecule has 7 nitrogen and oxygen atoms in total. The lowest BCUT2D eigenvalue weighted by Gasteiger charge is -2.24. The predicted molar refractivity (Wildman–Crippen MR) is 112 cm³/mol. The summed E-state index contributed by atoms with van der Waals surface area (Å²) in [6, 6.07) is 13.6. The molecule has 0 radical (unpaired) electrons. The second-order valence-corrected chi connectivity index (χ2v) is 8.83. The summed E-state index contributed by atoms with van der Waals surface area (Å²) in [5.74, 6) is -0.509. The molecule has 154 valence electrons. The lowest BCUT2D eigenvalue weighted by atomic mass is 10.1. The van der Waals surface area contributed by atoms with Gasteiger partial charge in [0.25, 0.3) is 0 Å². The average molecular weight is 416 g/mol. The highest BCUT2D eigenvalue weighted by Gasteiger charge is 2.23. The van der Waals surface area contributed by atoms with E-state index in [9.17, 15) is 13.2 Å². The van der Waals surface area contributed by atoms with Crippen LogP contribution in [-0.2, 0) is 21.8 Å². The number of aryl methyl sites for hydroxylation is 1. The van der Waals surface area contributed by atoms with Crippen molar-refractivity contribution in [1.82, 2.24) is 14.2 Å². The molecule has 1 aromatic heterocycles. The molecule has 0 saturated carbocycles. The normalized spacial score (nSPS) is 13.0. The largest absolute Gasteiger partial charge is 0.465 e. The smallest absolute Gasteiger partial charge is 0.337 e. The molecule has 8 heteroatoms. The third-order valence-corrected chi connectivity index (χ3v) is 6.40. The Labute approximate surface area is 170 Å². The molecule has 0 saturated heterocycles. The number of aromatic nitrogens is 1. The van der Waals surface area contributed by atoms with Crippen LogP contribution in [0.5, 0.6) is 0 Å². The highest BCUT2D eigenvalue weighted by molar-refractivity contribution is 7.89. The van der Waals surface area contributed by atoms with Crippen molar-refractivity contribution in [1.29, 1.82) is 0 Å². The third kappa shape index (κ3) is 4.34. The lowest BCUT2D eigenvalue weighted by molar-refractivity contribution is 0.0600. The molecule has 0 unspecified atom stereocenters. The number of hydrogen-bond donors (Lipinski definition) is 1. The summed E-state index contributed by atoms with van der Waals surface area (Å²) in [5, 5.41) is 1.09. The summed E-state index contributed by atoms with van der Waals surface area (Å²) in [5.41, 5.74) is 2.45. The van der Waals surface area contributed by atoms with Crippen LogP contribution in [0.3, 0.4) is 0 Å². The minimum atomic E-state index is -3.73. The van der Waals surface area contributed by atoms with Crippen LogP contribution in [0.4, 0.5) is 0 Å². The molecular formula is C21H25N3O4S. The molecule has 2 aromatic carbocycles. The predicted octanol–water partition coefficient (Wildman–Crippen LogP) is 2.55. The summed E-state index contributed by atoms with van der Waals surface area (Å²) in [7, 11) is 3.38. The molecular weight excluding hydrogens is 390 g/mol. The number of methoxy groups -OCH3 is 1. The van der Waals surface area contributed by atoms with Crippen LogP contribution in [0.25, 0.3) is 10.9 Å². The molecule has 0 aliphatic carbocycles. The number of esters is 1. The second kappa shape index (κ2) is 8.36. The molecule has 29 heavy (non-hydrogen) atoms. The molecule has 0 spiro atoms. The molecule has 1 heterocycles. The van der Waals surface area contributed by atoms with Crippen molar-refractivity contribution in [2.45, 2.75) is 10.9 Å². The van der Waals surface area contributed by atoms with Crippen molar-refractivity contribution in [3.05, 3.63) is 65.9 Å². The first-order valence-corrected chi connectivity index (χ1v) is 10.6. The maximum atomic E-state index is 12.8. The number of carbonyl (C=O) groups is 1. The number of para-hydroxylation sites is 1. The molecule has 0 fully saturated rings. The minimum absolute atomic E-state index is 0.0978. The zero-order valence-corrected chi connectivity index (χ0v) is 17.7. The fourth-order valence-corrected chi connectivity index (χ4v) is 4.41. The van der Waals surface area contributed by atoms with Crippen LogP contribution >= 0.6 is 0 Å². The van der Waals surface area contributed by atoms with Crippen molar-refractivity contribution < 1.29 is 17.9 Å². The van der Waals surface area contributed by atoms with E-state index in [1.54, 1.807) is 0 Å². The third-order valence-electron chi connectivity index (χ3n) is 4.96. The summed E-state index contributed by atoms with van der Waals surface area (Å²) < 4.78 is 34.9. The number of hydrogen-bond acceptors (Lipinski definition) is 5. The number of rotatable bonds is 7. The summed E-state index contributed by atoms with van der Waals surface area (Å²) in [4.78, 5) is 13.6. The van der Waals surface area contributed by atoms with E-state index in [-0.39, 0.29) is 17.5 Å². The number of carbonyl (C=O) groups excluding carboxylic acids is 1. The van der Waals surface area contributed by atoms with E-state index in [0.717, 1.165) is 16.5 Å². The number of nitrogens with zero attached hydrogens (tertiary/aromatic N) is 2. The molecule has 3 aromatic rings. The van der Waals surface area contributed by atoms with Gasteiger partial charge in [-0.05, 0) is 50.0 Å². The van der Waals surface area contributed by atoms with E-state index in [1.807, 2.05) is 61.1 Å². The van der Waals surface area contributed by atoms with Crippen LogP contribution in [0.15, 0.2) is 59.6 Å². The van der Waals surface area contributed by atoms with Gasteiger partial charge in [0.2, 0.25) is 10.0 Å². The Morgan fingerprint density at radius 3 is 2.41 bits per heavy atom. The van der Waals surface area contributed by atoms with Crippen molar-refractivity contribution >= 4 is 26.9 Å². The van der Waals surface area contributed by atoms with Gasteiger partial charge in [-0.15, -0.1) is 0 Å². The van der Waals surface area contributed by atoms with Crippen molar-refractivity contribution in [3.8, 4) is 0 Å². The zero-order valence-electron chi connectivity index (χ0n) is 16.9. The molecule has 0 aliphatic heterocycles. The molecule has 1 N–H and O–H groups in total. The van der Waals surface area contributed by atoms with E-state index < -0.39 is 16.0 Å². The van der Waals surface area contributed by atoms with Gasteiger partial charge in [-0.1, -0.05) is 18.2 Å². The van der Waals surface area contributed by atoms with Gasteiger partial charge in [-0.25, -0.2) is 17.9 Å². The fraction of sp³-hybridized carbons (Fsp3) is 0.286. The molecule has 3 rings (SSSR count). The van der Waals surface area contributed by atoms with Gasteiger partial charge in [0.1, 0.15) is 0 Å². The number of nitrogens with one attached hydrogen (secondary N) is 1. The van der Waals surface area contributed by atoms with Gasteiger partial charge >= 0.3 is 5.97 Å². The maximum absolute atomic E-state index is 12.8. The minimum Gasteiger partial charge on any atom is -0.465 e. The highest BCUT2D eigenvalue weighted by atomic mass is 32.2. The first-order valence-electron chi connectivity index (χ1n) is 9.13. The average Bonchev–Trinajstić information content (AvgIpc) is 3.04.